The number of halogens is 3. The highest BCUT2D eigenvalue weighted by Gasteiger charge is 2.31. The fraction of sp³-hybridized carbons (Fsp3) is 0.619. The largest absolute Gasteiger partial charge is 0.355 e. The van der Waals surface area contributed by atoms with Crippen molar-refractivity contribution in [2.45, 2.75) is 32.2 Å². The minimum atomic E-state index is -0.853. The van der Waals surface area contributed by atoms with Crippen LogP contribution >= 0.6 is 24.0 Å². The van der Waals surface area contributed by atoms with Crippen molar-refractivity contribution in [1.82, 2.24) is 20.4 Å². The zero-order valence-corrected chi connectivity index (χ0v) is 20.0. The average molecular weight is 535 g/mol. The number of amides is 1. The Bertz CT molecular complexity index is 736. The highest BCUT2D eigenvalue weighted by atomic mass is 127. The standard InChI is InChI=1S/C21H31F2N5O.HI/c1-15(17-6-7-18(22)19(23)14-17)26-21(24-2)25-8-9-27-10-12-28(13-11-27)20(29)16-4-3-5-16;/h6-7,14-16H,3-5,8-13H2,1-2H3,(H2,24,25,26);1H. The molecule has 30 heavy (non-hydrogen) atoms. The van der Waals surface area contributed by atoms with E-state index in [9.17, 15) is 13.6 Å². The summed E-state index contributed by atoms with van der Waals surface area (Å²) >= 11 is 0. The molecule has 1 amide bonds. The van der Waals surface area contributed by atoms with E-state index in [1.165, 1.54) is 12.5 Å². The Morgan fingerprint density at radius 2 is 1.90 bits per heavy atom. The van der Waals surface area contributed by atoms with E-state index in [2.05, 4.69) is 20.5 Å². The van der Waals surface area contributed by atoms with Gasteiger partial charge >= 0.3 is 0 Å². The lowest BCUT2D eigenvalue weighted by molar-refractivity contribution is -0.139. The van der Waals surface area contributed by atoms with Gasteiger partial charge in [0.2, 0.25) is 5.91 Å². The third-order valence-corrected chi connectivity index (χ3v) is 5.88. The highest BCUT2D eigenvalue weighted by molar-refractivity contribution is 14.0. The number of hydrogen-bond donors (Lipinski definition) is 2. The van der Waals surface area contributed by atoms with E-state index in [1.54, 1.807) is 13.1 Å². The normalized spacial score (nSPS) is 18.9. The molecule has 1 saturated heterocycles. The quantitative estimate of drug-likeness (QED) is 0.334. The molecular weight excluding hydrogens is 503 g/mol. The molecule has 1 aliphatic carbocycles. The Balaban J connectivity index is 0.00000320. The second-order valence-corrected chi connectivity index (χ2v) is 7.83. The predicted molar refractivity (Wildman–Crippen MR) is 125 cm³/mol. The number of rotatable bonds is 6. The van der Waals surface area contributed by atoms with Crippen molar-refractivity contribution in [2.24, 2.45) is 10.9 Å². The van der Waals surface area contributed by atoms with Gasteiger partial charge in [-0.25, -0.2) is 8.78 Å². The van der Waals surface area contributed by atoms with Crippen LogP contribution in [0.5, 0.6) is 0 Å². The third kappa shape index (κ3) is 6.50. The number of benzene rings is 1. The predicted octanol–water partition coefficient (Wildman–Crippen LogP) is 2.75. The van der Waals surface area contributed by atoms with Crippen LogP contribution in [0.4, 0.5) is 8.78 Å². The lowest BCUT2D eigenvalue weighted by Gasteiger charge is -2.38. The molecule has 0 radical (unpaired) electrons. The summed E-state index contributed by atoms with van der Waals surface area (Å²) < 4.78 is 26.5. The molecule has 0 bridgehead atoms. The summed E-state index contributed by atoms with van der Waals surface area (Å²) in [6, 6.07) is 3.68. The molecule has 1 unspecified atom stereocenters. The molecule has 1 aromatic rings. The highest BCUT2D eigenvalue weighted by Crippen LogP contribution is 2.28. The van der Waals surface area contributed by atoms with Gasteiger partial charge in [0.05, 0.1) is 6.04 Å². The van der Waals surface area contributed by atoms with Crippen molar-refractivity contribution in [2.75, 3.05) is 46.3 Å². The Morgan fingerprint density at radius 3 is 2.47 bits per heavy atom. The Morgan fingerprint density at radius 1 is 1.20 bits per heavy atom. The third-order valence-electron chi connectivity index (χ3n) is 5.88. The molecule has 0 aromatic heterocycles. The van der Waals surface area contributed by atoms with Crippen molar-refractivity contribution in [3.05, 3.63) is 35.4 Å². The average Bonchev–Trinajstić information content (AvgIpc) is 2.68. The van der Waals surface area contributed by atoms with Crippen LogP contribution in [0.25, 0.3) is 0 Å². The molecule has 2 fully saturated rings. The van der Waals surface area contributed by atoms with Gasteiger partial charge < -0.3 is 15.5 Å². The van der Waals surface area contributed by atoms with Gasteiger partial charge in [0.1, 0.15) is 0 Å². The van der Waals surface area contributed by atoms with Crippen LogP contribution in [0.2, 0.25) is 0 Å². The van der Waals surface area contributed by atoms with Crippen molar-refractivity contribution >= 4 is 35.8 Å². The summed E-state index contributed by atoms with van der Waals surface area (Å²) in [5.41, 5.74) is 0.652. The number of carbonyl (C=O) groups is 1. The first kappa shape index (κ1) is 24.8. The Hall–Kier alpha value is -1.49. The second-order valence-electron chi connectivity index (χ2n) is 7.83. The fourth-order valence-corrected chi connectivity index (χ4v) is 3.70. The maximum Gasteiger partial charge on any atom is 0.225 e. The topological polar surface area (TPSA) is 60.0 Å². The molecule has 6 nitrogen and oxygen atoms in total. The van der Waals surface area contributed by atoms with Crippen molar-refractivity contribution in [3.63, 3.8) is 0 Å². The molecule has 0 spiro atoms. The molecule has 1 heterocycles. The SMILES string of the molecule is CN=C(NCCN1CCN(C(=O)C2CCC2)CC1)NC(C)c1ccc(F)c(F)c1.I. The van der Waals surface area contributed by atoms with Crippen LogP contribution in [0.3, 0.4) is 0 Å². The van der Waals surface area contributed by atoms with Gasteiger partial charge in [-0.05, 0) is 37.5 Å². The number of nitrogens with zero attached hydrogens (tertiary/aromatic N) is 3. The molecular formula is C21H32F2IN5O. The molecule has 2 aliphatic rings. The van der Waals surface area contributed by atoms with Crippen LogP contribution in [0.15, 0.2) is 23.2 Å². The van der Waals surface area contributed by atoms with E-state index in [1.807, 2.05) is 11.8 Å². The maximum atomic E-state index is 13.4. The Kier molecular flexibility index (Phi) is 9.73. The van der Waals surface area contributed by atoms with E-state index >= 15 is 0 Å². The molecule has 2 N–H and O–H groups in total. The molecule has 1 aliphatic heterocycles. The van der Waals surface area contributed by atoms with E-state index < -0.39 is 11.6 Å². The molecule has 1 atom stereocenters. The smallest absolute Gasteiger partial charge is 0.225 e. The monoisotopic (exact) mass is 535 g/mol. The summed E-state index contributed by atoms with van der Waals surface area (Å²) in [4.78, 5) is 20.9. The van der Waals surface area contributed by atoms with E-state index in [4.69, 9.17) is 0 Å². The minimum Gasteiger partial charge on any atom is -0.355 e. The maximum absolute atomic E-state index is 13.4. The van der Waals surface area contributed by atoms with Crippen LogP contribution in [-0.2, 0) is 4.79 Å². The molecule has 1 aromatic carbocycles. The Labute approximate surface area is 194 Å². The summed E-state index contributed by atoms with van der Waals surface area (Å²) in [6.07, 6.45) is 3.29. The van der Waals surface area contributed by atoms with Gasteiger partial charge in [0.25, 0.3) is 0 Å². The first-order chi connectivity index (χ1) is 14.0. The number of piperazine rings is 1. The molecule has 1 saturated carbocycles. The van der Waals surface area contributed by atoms with E-state index in [0.29, 0.717) is 24.0 Å². The zero-order valence-electron chi connectivity index (χ0n) is 17.7. The van der Waals surface area contributed by atoms with Gasteiger partial charge in [-0.2, -0.15) is 0 Å². The van der Waals surface area contributed by atoms with Gasteiger partial charge in [0, 0.05) is 52.2 Å². The number of carbonyl (C=O) groups excluding carboxylic acids is 1. The first-order valence-electron chi connectivity index (χ1n) is 10.4. The van der Waals surface area contributed by atoms with Gasteiger partial charge in [-0.1, -0.05) is 12.5 Å². The lowest BCUT2D eigenvalue weighted by atomic mass is 9.84. The zero-order chi connectivity index (χ0) is 20.8. The summed E-state index contributed by atoms with van der Waals surface area (Å²) in [5.74, 6) is -0.480. The number of hydrogen-bond acceptors (Lipinski definition) is 3. The second kappa shape index (κ2) is 11.8. The van der Waals surface area contributed by atoms with Crippen molar-refractivity contribution < 1.29 is 13.6 Å². The van der Waals surface area contributed by atoms with Crippen LogP contribution < -0.4 is 10.6 Å². The number of guanidine groups is 1. The van der Waals surface area contributed by atoms with Crippen LogP contribution in [-0.4, -0.2) is 68.0 Å². The molecule has 3 rings (SSSR count). The summed E-state index contributed by atoms with van der Waals surface area (Å²) in [5, 5.41) is 6.46. The number of nitrogens with one attached hydrogen (secondary N) is 2. The van der Waals surface area contributed by atoms with Gasteiger partial charge in [-0.3, -0.25) is 14.7 Å². The van der Waals surface area contributed by atoms with E-state index in [0.717, 1.165) is 51.6 Å². The van der Waals surface area contributed by atoms with Crippen molar-refractivity contribution in [1.29, 1.82) is 0 Å². The van der Waals surface area contributed by atoms with Crippen LogP contribution in [0, 0.1) is 17.6 Å². The molecule has 9 heteroatoms. The van der Waals surface area contributed by atoms with Gasteiger partial charge in [0.15, 0.2) is 17.6 Å². The number of aliphatic imine (C=N–C) groups is 1. The van der Waals surface area contributed by atoms with Gasteiger partial charge in [-0.15, -0.1) is 24.0 Å². The summed E-state index contributed by atoms with van der Waals surface area (Å²) in [7, 11) is 1.68. The molecule has 168 valence electrons. The van der Waals surface area contributed by atoms with Crippen molar-refractivity contribution in [3.8, 4) is 0 Å². The van der Waals surface area contributed by atoms with Crippen LogP contribution in [0.1, 0.15) is 37.8 Å². The summed E-state index contributed by atoms with van der Waals surface area (Å²) in [6.45, 7) is 6.81. The lowest BCUT2D eigenvalue weighted by Crippen LogP contribution is -2.52. The fourth-order valence-electron chi connectivity index (χ4n) is 3.70. The first-order valence-corrected chi connectivity index (χ1v) is 10.4. The minimum absolute atomic E-state index is 0. The van der Waals surface area contributed by atoms with E-state index in [-0.39, 0.29) is 35.9 Å².